The number of carbonyl (C=O) groups is 1. The zero-order valence-electron chi connectivity index (χ0n) is 11.0. The Labute approximate surface area is 116 Å². The fourth-order valence-corrected chi connectivity index (χ4v) is 2.92. The number of fused-ring (bicyclic) bond motifs is 1. The normalized spacial score (nSPS) is 12.8. The van der Waals surface area contributed by atoms with Crippen molar-refractivity contribution < 1.29 is 9.90 Å². The number of amides is 1. The maximum atomic E-state index is 12.2. The van der Waals surface area contributed by atoms with Gasteiger partial charge in [0.15, 0.2) is 0 Å². The first-order valence-corrected chi connectivity index (χ1v) is 7.05. The number of aliphatic hydroxyl groups excluding tert-OH is 1. The van der Waals surface area contributed by atoms with Crippen LogP contribution in [0, 0.1) is 5.92 Å². The molecule has 2 aromatic rings. The summed E-state index contributed by atoms with van der Waals surface area (Å²) >= 11 is 1.38. The number of rotatable bonds is 4. The molecule has 4 N–H and O–H groups in total. The van der Waals surface area contributed by atoms with Crippen molar-refractivity contribution in [3.8, 4) is 0 Å². The molecule has 0 aliphatic heterocycles. The molecule has 0 spiro atoms. The SMILES string of the molecule is CC(C)[C@@H](CO)NC(=O)c1sc2ccccc2c1N. The van der Waals surface area contributed by atoms with Crippen LogP contribution >= 0.6 is 11.3 Å². The van der Waals surface area contributed by atoms with E-state index in [9.17, 15) is 9.90 Å². The molecule has 19 heavy (non-hydrogen) atoms. The van der Waals surface area contributed by atoms with Crippen LogP contribution in [0.15, 0.2) is 24.3 Å². The van der Waals surface area contributed by atoms with Crippen molar-refractivity contribution in [1.82, 2.24) is 5.32 Å². The van der Waals surface area contributed by atoms with Gasteiger partial charge in [-0.25, -0.2) is 0 Å². The highest BCUT2D eigenvalue weighted by Gasteiger charge is 2.20. The fourth-order valence-electron chi connectivity index (χ4n) is 1.89. The lowest BCUT2D eigenvalue weighted by Crippen LogP contribution is -2.41. The van der Waals surface area contributed by atoms with Crippen LogP contribution in [0.4, 0.5) is 5.69 Å². The van der Waals surface area contributed by atoms with Gasteiger partial charge in [0, 0.05) is 10.1 Å². The minimum atomic E-state index is -0.253. The first kappa shape index (κ1) is 13.8. The maximum Gasteiger partial charge on any atom is 0.263 e. The molecule has 0 bridgehead atoms. The molecule has 1 aromatic carbocycles. The lowest BCUT2D eigenvalue weighted by atomic mass is 10.1. The molecule has 1 aromatic heterocycles. The number of anilines is 1. The van der Waals surface area contributed by atoms with E-state index in [0.717, 1.165) is 10.1 Å². The van der Waals surface area contributed by atoms with E-state index in [-0.39, 0.29) is 24.5 Å². The van der Waals surface area contributed by atoms with Crippen molar-refractivity contribution in [2.24, 2.45) is 5.92 Å². The molecule has 0 unspecified atom stereocenters. The molecule has 0 aliphatic rings. The average molecular weight is 278 g/mol. The predicted octanol–water partition coefficient (Wildman–Crippen LogP) is 2.23. The minimum absolute atomic E-state index is 0.0752. The van der Waals surface area contributed by atoms with Crippen LogP contribution < -0.4 is 11.1 Å². The van der Waals surface area contributed by atoms with E-state index in [4.69, 9.17) is 5.73 Å². The van der Waals surface area contributed by atoms with Gasteiger partial charge < -0.3 is 16.2 Å². The van der Waals surface area contributed by atoms with Gasteiger partial charge >= 0.3 is 0 Å². The van der Waals surface area contributed by atoms with Crippen molar-refractivity contribution in [2.75, 3.05) is 12.3 Å². The zero-order chi connectivity index (χ0) is 14.0. The van der Waals surface area contributed by atoms with Crippen molar-refractivity contribution in [1.29, 1.82) is 0 Å². The Hall–Kier alpha value is -1.59. The van der Waals surface area contributed by atoms with Crippen LogP contribution in [0.1, 0.15) is 23.5 Å². The van der Waals surface area contributed by atoms with Crippen LogP contribution in [0.25, 0.3) is 10.1 Å². The van der Waals surface area contributed by atoms with Gasteiger partial charge in [0.1, 0.15) is 4.88 Å². The van der Waals surface area contributed by atoms with Crippen LogP contribution in [0.5, 0.6) is 0 Å². The lowest BCUT2D eigenvalue weighted by Gasteiger charge is -2.19. The van der Waals surface area contributed by atoms with E-state index in [1.807, 2.05) is 38.1 Å². The summed E-state index contributed by atoms with van der Waals surface area (Å²) in [5.74, 6) is -0.0454. The summed E-state index contributed by atoms with van der Waals surface area (Å²) in [6.45, 7) is 3.83. The van der Waals surface area contributed by atoms with Gasteiger partial charge in [-0.15, -0.1) is 11.3 Å². The van der Waals surface area contributed by atoms with Gasteiger partial charge in [-0.05, 0) is 12.0 Å². The molecule has 0 radical (unpaired) electrons. The number of hydrogen-bond acceptors (Lipinski definition) is 4. The second-order valence-electron chi connectivity index (χ2n) is 4.85. The molecule has 0 saturated heterocycles. The van der Waals surface area contributed by atoms with Gasteiger partial charge in [0.05, 0.1) is 18.3 Å². The Morgan fingerprint density at radius 2 is 2.11 bits per heavy atom. The van der Waals surface area contributed by atoms with Crippen LogP contribution in [-0.2, 0) is 0 Å². The summed E-state index contributed by atoms with van der Waals surface area (Å²) < 4.78 is 0.996. The van der Waals surface area contributed by atoms with Crippen LogP contribution in [-0.4, -0.2) is 23.7 Å². The molecule has 102 valence electrons. The van der Waals surface area contributed by atoms with Gasteiger partial charge in [-0.3, -0.25) is 4.79 Å². The van der Waals surface area contributed by atoms with E-state index in [1.165, 1.54) is 11.3 Å². The highest BCUT2D eigenvalue weighted by atomic mass is 32.1. The molecule has 1 amide bonds. The summed E-state index contributed by atoms with van der Waals surface area (Å²) in [6.07, 6.45) is 0. The average Bonchev–Trinajstić information content (AvgIpc) is 2.73. The Bertz CT molecular complexity index is 592. The molecule has 1 atom stereocenters. The van der Waals surface area contributed by atoms with E-state index < -0.39 is 0 Å². The Balaban J connectivity index is 2.29. The van der Waals surface area contributed by atoms with Gasteiger partial charge in [0.2, 0.25) is 0 Å². The largest absolute Gasteiger partial charge is 0.397 e. The summed E-state index contributed by atoms with van der Waals surface area (Å²) in [7, 11) is 0. The molecule has 4 nitrogen and oxygen atoms in total. The molecule has 5 heteroatoms. The number of nitrogens with one attached hydrogen (secondary N) is 1. The van der Waals surface area contributed by atoms with E-state index in [0.29, 0.717) is 10.6 Å². The number of nitrogen functional groups attached to an aromatic ring is 1. The van der Waals surface area contributed by atoms with E-state index in [2.05, 4.69) is 5.32 Å². The van der Waals surface area contributed by atoms with Gasteiger partial charge in [0.25, 0.3) is 5.91 Å². The van der Waals surface area contributed by atoms with E-state index in [1.54, 1.807) is 0 Å². The third kappa shape index (κ3) is 2.72. The van der Waals surface area contributed by atoms with Crippen molar-refractivity contribution in [3.05, 3.63) is 29.1 Å². The molecule has 0 fully saturated rings. The fraction of sp³-hybridized carbons (Fsp3) is 0.357. The van der Waals surface area contributed by atoms with E-state index >= 15 is 0 Å². The summed E-state index contributed by atoms with van der Waals surface area (Å²) in [5.41, 5.74) is 6.53. The summed E-state index contributed by atoms with van der Waals surface area (Å²) in [6, 6.07) is 7.42. The monoisotopic (exact) mass is 278 g/mol. The summed E-state index contributed by atoms with van der Waals surface area (Å²) in [4.78, 5) is 12.7. The number of hydrogen-bond donors (Lipinski definition) is 3. The topological polar surface area (TPSA) is 75.3 Å². The molecule has 1 heterocycles. The standard InChI is InChI=1S/C14H18N2O2S/c1-8(2)10(7-17)16-14(18)13-12(15)9-5-3-4-6-11(9)19-13/h3-6,8,10,17H,7,15H2,1-2H3,(H,16,18)/t10-/m1/s1. The second-order valence-corrected chi connectivity index (χ2v) is 5.90. The second kappa shape index (κ2) is 5.59. The number of aliphatic hydroxyl groups is 1. The first-order valence-electron chi connectivity index (χ1n) is 6.23. The Morgan fingerprint density at radius 1 is 1.42 bits per heavy atom. The molecule has 2 rings (SSSR count). The quantitative estimate of drug-likeness (QED) is 0.802. The Morgan fingerprint density at radius 3 is 2.68 bits per heavy atom. The maximum absolute atomic E-state index is 12.2. The van der Waals surface area contributed by atoms with Crippen LogP contribution in [0.3, 0.4) is 0 Å². The number of nitrogens with two attached hydrogens (primary N) is 1. The number of carbonyl (C=O) groups excluding carboxylic acids is 1. The first-order chi connectivity index (χ1) is 9.04. The minimum Gasteiger partial charge on any atom is -0.397 e. The highest BCUT2D eigenvalue weighted by molar-refractivity contribution is 7.21. The van der Waals surface area contributed by atoms with Crippen molar-refractivity contribution in [3.63, 3.8) is 0 Å². The third-order valence-corrected chi connectivity index (χ3v) is 4.34. The molecule has 0 aliphatic carbocycles. The number of thiophene rings is 1. The molecular formula is C14H18N2O2S. The smallest absolute Gasteiger partial charge is 0.263 e. The van der Waals surface area contributed by atoms with Crippen LogP contribution in [0.2, 0.25) is 0 Å². The predicted molar refractivity (Wildman–Crippen MR) is 79.4 cm³/mol. The molecule has 0 saturated carbocycles. The van der Waals surface area contributed by atoms with Gasteiger partial charge in [-0.1, -0.05) is 32.0 Å². The van der Waals surface area contributed by atoms with Gasteiger partial charge in [-0.2, -0.15) is 0 Å². The lowest BCUT2D eigenvalue weighted by molar-refractivity contribution is 0.0902. The van der Waals surface area contributed by atoms with Crippen molar-refractivity contribution in [2.45, 2.75) is 19.9 Å². The Kier molecular flexibility index (Phi) is 4.07. The zero-order valence-corrected chi connectivity index (χ0v) is 11.8. The molecular weight excluding hydrogens is 260 g/mol. The summed E-state index contributed by atoms with van der Waals surface area (Å²) in [5, 5.41) is 13.0. The number of benzene rings is 1. The van der Waals surface area contributed by atoms with Crippen molar-refractivity contribution >= 4 is 33.0 Å². The highest BCUT2D eigenvalue weighted by Crippen LogP contribution is 2.33. The third-order valence-electron chi connectivity index (χ3n) is 3.16.